The topological polar surface area (TPSA) is 83.4 Å². The number of hydrogen-bond donors (Lipinski definition) is 1. The van der Waals surface area contributed by atoms with Crippen molar-refractivity contribution < 1.29 is 9.59 Å². The van der Waals surface area contributed by atoms with E-state index in [1.807, 2.05) is 25.2 Å². The number of benzene rings is 1. The quantitative estimate of drug-likeness (QED) is 0.822. The number of carbonyl (C=O) groups is 2. The molecule has 3 heterocycles. The molecule has 1 aromatic heterocycles. The van der Waals surface area contributed by atoms with Crippen molar-refractivity contribution in [3.05, 3.63) is 42.5 Å². The zero-order valence-corrected chi connectivity index (χ0v) is 17.3. The van der Waals surface area contributed by atoms with Crippen molar-refractivity contribution in [2.24, 2.45) is 17.8 Å². The number of likely N-dealkylation sites (tertiary alicyclic amines) is 2. The van der Waals surface area contributed by atoms with Crippen molar-refractivity contribution in [2.75, 3.05) is 33.2 Å². The molecule has 1 N–H and O–H groups in total. The minimum atomic E-state index is -0.121. The van der Waals surface area contributed by atoms with Gasteiger partial charge >= 0.3 is 0 Å². The molecule has 2 aromatic rings. The van der Waals surface area contributed by atoms with Crippen LogP contribution in [0.3, 0.4) is 0 Å². The summed E-state index contributed by atoms with van der Waals surface area (Å²) in [6.45, 7) is 3.39. The lowest BCUT2D eigenvalue weighted by atomic mass is 10.00. The second-order valence-corrected chi connectivity index (χ2v) is 9.02. The van der Waals surface area contributed by atoms with Gasteiger partial charge in [-0.15, -0.1) is 0 Å². The zero-order valence-electron chi connectivity index (χ0n) is 17.3. The number of carbonyl (C=O) groups excluding carboxylic acids is 2. The smallest absolute Gasteiger partial charge is 0.253 e. The highest BCUT2D eigenvalue weighted by molar-refractivity contribution is 5.97. The molecule has 0 spiro atoms. The predicted octanol–water partition coefficient (Wildman–Crippen LogP) is 1.19. The summed E-state index contributed by atoms with van der Waals surface area (Å²) in [7, 11) is 2.04. The molecule has 158 valence electrons. The number of nitrogens with one attached hydrogen (secondary N) is 1. The second kappa shape index (κ2) is 7.83. The number of aromatic nitrogens is 3. The Morgan fingerprint density at radius 2 is 1.87 bits per heavy atom. The fourth-order valence-electron chi connectivity index (χ4n) is 5.03. The Hall–Kier alpha value is -2.74. The molecular weight excluding hydrogens is 380 g/mol. The van der Waals surface area contributed by atoms with Gasteiger partial charge in [0.2, 0.25) is 5.91 Å². The Labute approximate surface area is 176 Å². The van der Waals surface area contributed by atoms with E-state index in [0.29, 0.717) is 17.2 Å². The van der Waals surface area contributed by atoms with Gasteiger partial charge in [-0.05, 0) is 50.3 Å². The highest BCUT2D eigenvalue weighted by Gasteiger charge is 2.47. The van der Waals surface area contributed by atoms with E-state index in [0.717, 1.165) is 50.9 Å². The predicted molar refractivity (Wildman–Crippen MR) is 111 cm³/mol. The summed E-state index contributed by atoms with van der Waals surface area (Å²) in [6, 6.07) is 7.40. The molecule has 2 saturated heterocycles. The maximum absolute atomic E-state index is 13.0. The van der Waals surface area contributed by atoms with E-state index in [2.05, 4.69) is 25.2 Å². The lowest BCUT2D eigenvalue weighted by molar-refractivity contribution is -0.135. The van der Waals surface area contributed by atoms with Crippen LogP contribution in [0.2, 0.25) is 0 Å². The van der Waals surface area contributed by atoms with Gasteiger partial charge in [0, 0.05) is 32.2 Å². The van der Waals surface area contributed by atoms with Crippen LogP contribution < -0.4 is 5.32 Å². The van der Waals surface area contributed by atoms with Crippen LogP contribution in [-0.2, 0) is 4.79 Å². The minimum absolute atomic E-state index is 0.0103. The molecule has 2 amide bonds. The van der Waals surface area contributed by atoms with Crippen LogP contribution >= 0.6 is 0 Å². The van der Waals surface area contributed by atoms with Crippen LogP contribution in [0.5, 0.6) is 0 Å². The van der Waals surface area contributed by atoms with Crippen LogP contribution in [-0.4, -0.2) is 75.6 Å². The lowest BCUT2D eigenvalue weighted by Crippen LogP contribution is -2.42. The summed E-state index contributed by atoms with van der Waals surface area (Å²) in [4.78, 5) is 34.3. The van der Waals surface area contributed by atoms with E-state index >= 15 is 0 Å². The largest absolute Gasteiger partial charge is 0.348 e. The molecule has 1 aliphatic carbocycles. The molecule has 8 heteroatoms. The fraction of sp³-hybridized carbons (Fsp3) is 0.545. The van der Waals surface area contributed by atoms with E-state index in [1.165, 1.54) is 12.7 Å². The van der Waals surface area contributed by atoms with Crippen LogP contribution in [0.15, 0.2) is 36.9 Å². The van der Waals surface area contributed by atoms with Gasteiger partial charge in [-0.3, -0.25) is 9.59 Å². The molecule has 5 rings (SSSR count). The van der Waals surface area contributed by atoms with Crippen molar-refractivity contribution in [3.63, 3.8) is 0 Å². The van der Waals surface area contributed by atoms with Crippen molar-refractivity contribution >= 4 is 11.8 Å². The Balaban J connectivity index is 1.24. The van der Waals surface area contributed by atoms with Gasteiger partial charge in [0.15, 0.2) is 0 Å². The number of para-hydroxylation sites is 1. The number of amides is 2. The first-order valence-corrected chi connectivity index (χ1v) is 10.8. The van der Waals surface area contributed by atoms with E-state index in [1.54, 1.807) is 17.1 Å². The molecule has 8 nitrogen and oxygen atoms in total. The highest BCUT2D eigenvalue weighted by Crippen LogP contribution is 2.45. The summed E-state index contributed by atoms with van der Waals surface area (Å²) in [5, 5.41) is 7.34. The fourth-order valence-corrected chi connectivity index (χ4v) is 5.03. The van der Waals surface area contributed by atoms with Crippen molar-refractivity contribution in [1.82, 2.24) is 29.9 Å². The Bertz CT molecular complexity index is 919. The first-order chi connectivity index (χ1) is 14.6. The molecular formula is C22H28N6O2. The summed E-state index contributed by atoms with van der Waals surface area (Å²) in [6.07, 6.45) is 5.96. The van der Waals surface area contributed by atoms with E-state index in [-0.39, 0.29) is 17.9 Å². The second-order valence-electron chi connectivity index (χ2n) is 9.02. The van der Waals surface area contributed by atoms with Gasteiger partial charge in [-0.1, -0.05) is 12.1 Å². The van der Waals surface area contributed by atoms with E-state index < -0.39 is 0 Å². The normalized spacial score (nSPS) is 28.6. The maximum atomic E-state index is 13.0. The summed E-state index contributed by atoms with van der Waals surface area (Å²) >= 11 is 0. The third-order valence-electron chi connectivity index (χ3n) is 6.72. The summed E-state index contributed by atoms with van der Waals surface area (Å²) in [5.74, 6) is 1.72. The molecule has 0 bridgehead atoms. The minimum Gasteiger partial charge on any atom is -0.348 e. The van der Waals surface area contributed by atoms with Gasteiger partial charge < -0.3 is 15.1 Å². The van der Waals surface area contributed by atoms with Crippen molar-refractivity contribution in [1.29, 1.82) is 0 Å². The van der Waals surface area contributed by atoms with Crippen molar-refractivity contribution in [3.8, 4) is 5.69 Å². The SMILES string of the molecule is CN1C[C@@H](NC(=O)c2ccccc2-n2cncn2)CC[C@@H](C(=O)N2C[C@H]3C[C@H]3C2)C1. The van der Waals surface area contributed by atoms with Crippen LogP contribution in [0.4, 0.5) is 0 Å². The molecule has 3 fully saturated rings. The highest BCUT2D eigenvalue weighted by atomic mass is 16.2. The standard InChI is InChI=1S/C22H28N6O2/c1-26-9-15(22(30)27-10-16-8-17(16)11-27)6-7-18(12-26)25-21(29)19-4-2-3-5-20(19)28-14-23-13-24-28/h2-5,13-18H,6-12H2,1H3,(H,25,29)/t15-,16-,17+,18+/m1/s1. The third kappa shape index (κ3) is 3.84. The number of hydrogen-bond acceptors (Lipinski definition) is 5. The zero-order chi connectivity index (χ0) is 20.7. The summed E-state index contributed by atoms with van der Waals surface area (Å²) < 4.78 is 1.60. The number of piperidine rings is 1. The molecule has 0 radical (unpaired) electrons. The number of rotatable bonds is 4. The molecule has 0 unspecified atom stereocenters. The van der Waals surface area contributed by atoms with Gasteiger partial charge in [-0.25, -0.2) is 9.67 Å². The van der Waals surface area contributed by atoms with Crippen LogP contribution in [0, 0.1) is 17.8 Å². The molecule has 30 heavy (non-hydrogen) atoms. The molecule has 4 atom stereocenters. The van der Waals surface area contributed by atoms with Crippen molar-refractivity contribution in [2.45, 2.75) is 25.3 Å². The molecule has 1 aromatic carbocycles. The molecule has 2 aliphatic heterocycles. The van der Waals surface area contributed by atoms with Crippen LogP contribution in [0.25, 0.3) is 5.69 Å². The first-order valence-electron chi connectivity index (χ1n) is 10.8. The Kier molecular flexibility index (Phi) is 5.02. The Morgan fingerprint density at radius 1 is 1.07 bits per heavy atom. The number of fused-ring (bicyclic) bond motifs is 1. The Morgan fingerprint density at radius 3 is 2.63 bits per heavy atom. The molecule has 3 aliphatic rings. The monoisotopic (exact) mass is 408 g/mol. The summed E-state index contributed by atoms with van der Waals surface area (Å²) in [5.41, 5.74) is 1.27. The number of likely N-dealkylation sites (N-methyl/N-ethyl adjacent to an activating group) is 1. The molecule has 1 saturated carbocycles. The van der Waals surface area contributed by atoms with E-state index in [9.17, 15) is 9.59 Å². The van der Waals surface area contributed by atoms with Gasteiger partial charge in [-0.2, -0.15) is 5.10 Å². The van der Waals surface area contributed by atoms with Gasteiger partial charge in [0.1, 0.15) is 12.7 Å². The average Bonchev–Trinajstić information content (AvgIpc) is 3.14. The van der Waals surface area contributed by atoms with Gasteiger partial charge in [0.05, 0.1) is 17.2 Å². The number of nitrogens with zero attached hydrogens (tertiary/aromatic N) is 5. The first kappa shape index (κ1) is 19.2. The van der Waals surface area contributed by atoms with Gasteiger partial charge in [0.25, 0.3) is 5.91 Å². The average molecular weight is 409 g/mol. The third-order valence-corrected chi connectivity index (χ3v) is 6.72. The lowest BCUT2D eigenvalue weighted by Gasteiger charge is -2.25. The van der Waals surface area contributed by atoms with E-state index in [4.69, 9.17) is 0 Å². The maximum Gasteiger partial charge on any atom is 0.253 e. The van der Waals surface area contributed by atoms with Crippen LogP contribution in [0.1, 0.15) is 29.6 Å².